The fourth-order valence-corrected chi connectivity index (χ4v) is 4.08. The highest BCUT2D eigenvalue weighted by Gasteiger charge is 2.37. The van der Waals surface area contributed by atoms with E-state index in [0.717, 1.165) is 35.3 Å². The van der Waals surface area contributed by atoms with Crippen LogP contribution in [0, 0.1) is 13.8 Å². The normalized spacial score (nSPS) is 16.3. The lowest BCUT2D eigenvalue weighted by Gasteiger charge is -2.39. The minimum Gasteiger partial charge on any atom is -0.496 e. The minimum atomic E-state index is -0.649. The van der Waals surface area contributed by atoms with Gasteiger partial charge in [-0.25, -0.2) is 0 Å². The molecule has 3 rings (SSSR count). The molecule has 6 heteroatoms. The van der Waals surface area contributed by atoms with Crippen molar-refractivity contribution in [3.8, 4) is 5.75 Å². The van der Waals surface area contributed by atoms with Crippen LogP contribution in [-0.4, -0.2) is 44.7 Å². The summed E-state index contributed by atoms with van der Waals surface area (Å²) in [5.74, 6) is 0.355. The van der Waals surface area contributed by atoms with E-state index in [-0.39, 0.29) is 17.2 Å². The van der Waals surface area contributed by atoms with Crippen LogP contribution in [0.3, 0.4) is 0 Å². The summed E-state index contributed by atoms with van der Waals surface area (Å²) in [7, 11) is 1.67. The zero-order valence-corrected chi connectivity index (χ0v) is 18.8. The second-order valence-corrected chi connectivity index (χ2v) is 8.38. The molecule has 1 fully saturated rings. The van der Waals surface area contributed by atoms with Crippen molar-refractivity contribution in [2.75, 3.05) is 26.9 Å². The molecule has 31 heavy (non-hydrogen) atoms. The van der Waals surface area contributed by atoms with Crippen molar-refractivity contribution in [1.29, 1.82) is 0 Å². The Morgan fingerprint density at radius 2 is 1.81 bits per heavy atom. The van der Waals surface area contributed by atoms with E-state index in [4.69, 9.17) is 9.47 Å². The van der Waals surface area contributed by atoms with Gasteiger partial charge in [0.2, 0.25) is 5.91 Å². The molecule has 1 aliphatic rings. The number of aryl methyl sites for hydroxylation is 2. The molecule has 166 valence electrons. The molecule has 0 bridgehead atoms. The minimum absolute atomic E-state index is 0.210. The predicted molar refractivity (Wildman–Crippen MR) is 121 cm³/mol. The molecule has 0 aromatic heterocycles. The molecule has 1 unspecified atom stereocenters. The van der Waals surface area contributed by atoms with Gasteiger partial charge < -0.3 is 20.1 Å². The number of ether oxygens (including phenoxy) is 2. The van der Waals surface area contributed by atoms with E-state index in [1.807, 2.05) is 31.2 Å². The van der Waals surface area contributed by atoms with Crippen LogP contribution in [0.25, 0.3) is 0 Å². The van der Waals surface area contributed by atoms with Crippen LogP contribution in [-0.2, 0) is 14.9 Å². The molecule has 0 aliphatic carbocycles. The van der Waals surface area contributed by atoms with Crippen LogP contribution in [0.4, 0.5) is 0 Å². The third-order valence-corrected chi connectivity index (χ3v) is 6.00. The van der Waals surface area contributed by atoms with E-state index in [1.54, 1.807) is 26.2 Å². The molecule has 2 amide bonds. The van der Waals surface area contributed by atoms with Gasteiger partial charge in [-0.3, -0.25) is 9.59 Å². The average molecular weight is 425 g/mol. The molecule has 6 nitrogen and oxygen atoms in total. The summed E-state index contributed by atoms with van der Waals surface area (Å²) in [6, 6.07) is 12.8. The first kappa shape index (κ1) is 22.8. The monoisotopic (exact) mass is 424 g/mol. The molecule has 2 aromatic rings. The fourth-order valence-electron chi connectivity index (χ4n) is 4.08. The smallest absolute Gasteiger partial charge is 0.251 e. The highest BCUT2D eigenvalue weighted by Crippen LogP contribution is 2.40. The van der Waals surface area contributed by atoms with Crippen molar-refractivity contribution in [2.24, 2.45) is 0 Å². The molecule has 1 atom stereocenters. The predicted octanol–water partition coefficient (Wildman–Crippen LogP) is 3.29. The van der Waals surface area contributed by atoms with Crippen molar-refractivity contribution < 1.29 is 19.1 Å². The van der Waals surface area contributed by atoms with Gasteiger partial charge in [0, 0.05) is 36.3 Å². The Bertz CT molecular complexity index is 935. The molecule has 2 N–H and O–H groups in total. The zero-order valence-electron chi connectivity index (χ0n) is 18.8. The maximum absolute atomic E-state index is 12.8. The Hall–Kier alpha value is -2.86. The molecule has 0 spiro atoms. The molecule has 1 heterocycles. The van der Waals surface area contributed by atoms with Crippen LogP contribution in [0.5, 0.6) is 5.75 Å². The van der Waals surface area contributed by atoms with Gasteiger partial charge in [-0.15, -0.1) is 0 Å². The number of benzene rings is 2. The van der Waals surface area contributed by atoms with Crippen molar-refractivity contribution in [1.82, 2.24) is 10.6 Å². The van der Waals surface area contributed by atoms with Crippen molar-refractivity contribution in [3.63, 3.8) is 0 Å². The highest BCUT2D eigenvalue weighted by molar-refractivity contribution is 5.97. The lowest BCUT2D eigenvalue weighted by atomic mass is 9.73. The van der Waals surface area contributed by atoms with Gasteiger partial charge in [-0.2, -0.15) is 0 Å². The molecular formula is C25H32N2O4. The van der Waals surface area contributed by atoms with Gasteiger partial charge in [0.15, 0.2) is 0 Å². The number of methoxy groups -OCH3 is 1. The zero-order chi connectivity index (χ0) is 22.4. The van der Waals surface area contributed by atoms with Gasteiger partial charge >= 0.3 is 0 Å². The van der Waals surface area contributed by atoms with Crippen LogP contribution >= 0.6 is 0 Å². The number of hydrogen-bond acceptors (Lipinski definition) is 4. The third-order valence-electron chi connectivity index (χ3n) is 6.00. The Kier molecular flexibility index (Phi) is 7.33. The van der Waals surface area contributed by atoms with Crippen molar-refractivity contribution >= 4 is 11.8 Å². The number of nitrogens with one attached hydrogen (secondary N) is 2. The lowest BCUT2D eigenvalue weighted by Crippen LogP contribution is -2.50. The maximum Gasteiger partial charge on any atom is 0.251 e. The van der Waals surface area contributed by atoms with E-state index in [9.17, 15) is 9.59 Å². The second-order valence-electron chi connectivity index (χ2n) is 8.38. The standard InChI is InChI=1S/C25H32N2O4/c1-17-6-5-7-20(14-17)24(29)27-19(3)23(28)26-16-25(10-12-31-13-11-25)21-15-18(2)8-9-22(21)30-4/h5-9,14-15,19H,10-13,16H2,1-4H3,(H,26,28)(H,27,29). The maximum atomic E-state index is 12.8. The van der Waals surface area contributed by atoms with E-state index in [0.29, 0.717) is 25.3 Å². The first-order valence-corrected chi connectivity index (χ1v) is 10.7. The number of hydrogen-bond donors (Lipinski definition) is 2. The van der Waals surface area contributed by atoms with E-state index < -0.39 is 6.04 Å². The second kappa shape index (κ2) is 9.96. The number of amides is 2. The molecule has 0 radical (unpaired) electrons. The summed E-state index contributed by atoms with van der Waals surface area (Å²) < 4.78 is 11.2. The SMILES string of the molecule is COc1ccc(C)cc1C1(CNC(=O)C(C)NC(=O)c2cccc(C)c2)CCOCC1. The fraction of sp³-hybridized carbons (Fsp3) is 0.440. The summed E-state index contributed by atoms with van der Waals surface area (Å²) in [6.45, 7) is 7.41. The molecule has 0 saturated carbocycles. The number of carbonyl (C=O) groups is 2. The highest BCUT2D eigenvalue weighted by atomic mass is 16.5. The van der Waals surface area contributed by atoms with Gasteiger partial charge in [0.05, 0.1) is 7.11 Å². The number of rotatable bonds is 7. The molecule has 1 aliphatic heterocycles. The van der Waals surface area contributed by atoms with Crippen molar-refractivity contribution in [2.45, 2.75) is 45.1 Å². The van der Waals surface area contributed by atoms with E-state index >= 15 is 0 Å². The summed E-state index contributed by atoms with van der Waals surface area (Å²) in [5.41, 5.74) is 3.51. The van der Waals surface area contributed by atoms with Gasteiger partial charge in [0.25, 0.3) is 5.91 Å². The number of carbonyl (C=O) groups excluding carboxylic acids is 2. The first-order valence-electron chi connectivity index (χ1n) is 10.7. The summed E-state index contributed by atoms with van der Waals surface area (Å²) in [5, 5.41) is 5.86. The van der Waals surface area contributed by atoms with Crippen LogP contribution in [0.1, 0.15) is 46.8 Å². The molecular weight excluding hydrogens is 392 g/mol. The lowest BCUT2D eigenvalue weighted by molar-refractivity contribution is -0.123. The largest absolute Gasteiger partial charge is 0.496 e. The quantitative estimate of drug-likeness (QED) is 0.715. The summed E-state index contributed by atoms with van der Waals surface area (Å²) >= 11 is 0. The third kappa shape index (κ3) is 5.44. The van der Waals surface area contributed by atoms with Gasteiger partial charge in [-0.05, 0) is 51.8 Å². The summed E-state index contributed by atoms with van der Waals surface area (Å²) in [6.07, 6.45) is 1.58. The Morgan fingerprint density at radius 1 is 1.10 bits per heavy atom. The summed E-state index contributed by atoms with van der Waals surface area (Å²) in [4.78, 5) is 25.3. The van der Waals surface area contributed by atoms with Crippen LogP contribution < -0.4 is 15.4 Å². The van der Waals surface area contributed by atoms with Crippen LogP contribution in [0.2, 0.25) is 0 Å². The Balaban J connectivity index is 1.71. The first-order chi connectivity index (χ1) is 14.8. The Labute approximate surface area is 184 Å². The van der Waals surface area contributed by atoms with E-state index in [1.165, 1.54) is 0 Å². The topological polar surface area (TPSA) is 76.7 Å². The molecule has 2 aromatic carbocycles. The van der Waals surface area contributed by atoms with Crippen LogP contribution in [0.15, 0.2) is 42.5 Å². The average Bonchev–Trinajstić information content (AvgIpc) is 2.78. The van der Waals surface area contributed by atoms with Gasteiger partial charge in [-0.1, -0.05) is 35.4 Å². The Morgan fingerprint density at radius 3 is 2.48 bits per heavy atom. The van der Waals surface area contributed by atoms with Gasteiger partial charge in [0.1, 0.15) is 11.8 Å². The molecule has 1 saturated heterocycles. The van der Waals surface area contributed by atoms with E-state index in [2.05, 4.69) is 23.6 Å². The van der Waals surface area contributed by atoms with Crippen molar-refractivity contribution in [3.05, 3.63) is 64.7 Å².